The number of halogens is 1. The standard InChI is InChI=1S/C4H10.C3H9N.BrH/c1-3-4-2;1-4(2)3;/h3-4H2,1-2H3;1-3H3;1H. The SMILES string of the molecule is Br.CCCC.CN(C)C. The largest absolute Gasteiger partial charge is 0.312 e. The number of rotatable bonds is 1. The van der Waals surface area contributed by atoms with Crippen molar-refractivity contribution in [3.8, 4) is 0 Å². The summed E-state index contributed by atoms with van der Waals surface area (Å²) in [6.45, 7) is 4.36. The molecule has 0 amide bonds. The molecule has 9 heavy (non-hydrogen) atoms. The van der Waals surface area contributed by atoms with Crippen LogP contribution in [0.3, 0.4) is 0 Å². The number of unbranched alkanes of at least 4 members (excludes halogenated alkanes) is 1. The minimum Gasteiger partial charge on any atom is -0.312 e. The average Bonchev–Trinajstić information content (AvgIpc) is 1.65. The predicted octanol–water partition coefficient (Wildman–Crippen LogP) is 2.56. The lowest BCUT2D eigenvalue weighted by Gasteiger charge is -1.90. The monoisotopic (exact) mass is 197 g/mol. The fourth-order valence-corrected chi connectivity index (χ4v) is 0. The first kappa shape index (κ1) is 16.2. The molecule has 0 saturated heterocycles. The molecule has 0 aromatic carbocycles. The molecule has 2 heteroatoms. The quantitative estimate of drug-likeness (QED) is 0.625. The molecule has 0 heterocycles. The molecular weight excluding hydrogens is 178 g/mol. The number of nitrogens with zero attached hydrogens (tertiary/aromatic N) is 1. The van der Waals surface area contributed by atoms with E-state index >= 15 is 0 Å². The van der Waals surface area contributed by atoms with Gasteiger partial charge in [-0.15, -0.1) is 17.0 Å². The highest BCUT2D eigenvalue weighted by molar-refractivity contribution is 8.93. The molecule has 0 rings (SSSR count). The normalized spacial score (nSPS) is 7.33. The van der Waals surface area contributed by atoms with Gasteiger partial charge in [0.1, 0.15) is 0 Å². The van der Waals surface area contributed by atoms with Crippen LogP contribution in [0.5, 0.6) is 0 Å². The zero-order valence-electron chi connectivity index (χ0n) is 7.27. The molecule has 0 aliphatic rings. The lowest BCUT2D eigenvalue weighted by molar-refractivity contribution is 0.505. The van der Waals surface area contributed by atoms with Crippen LogP contribution < -0.4 is 0 Å². The maximum absolute atomic E-state index is 2.18. The summed E-state index contributed by atoms with van der Waals surface area (Å²) in [5.74, 6) is 0. The smallest absolute Gasteiger partial charge is 0.0140 e. The number of hydrogen-bond donors (Lipinski definition) is 0. The highest BCUT2D eigenvalue weighted by atomic mass is 79.9. The first-order valence-electron chi connectivity index (χ1n) is 3.26. The molecule has 60 valence electrons. The molecule has 0 fully saturated rings. The van der Waals surface area contributed by atoms with Gasteiger partial charge in [-0.1, -0.05) is 26.7 Å². The zero-order valence-corrected chi connectivity index (χ0v) is 8.98. The van der Waals surface area contributed by atoms with Gasteiger partial charge in [-0.3, -0.25) is 0 Å². The summed E-state index contributed by atoms with van der Waals surface area (Å²) in [7, 11) is 6.00. The van der Waals surface area contributed by atoms with Crippen molar-refractivity contribution in [2.45, 2.75) is 26.7 Å². The van der Waals surface area contributed by atoms with Crippen LogP contribution in [-0.4, -0.2) is 26.0 Å². The summed E-state index contributed by atoms with van der Waals surface area (Å²) >= 11 is 0. The summed E-state index contributed by atoms with van der Waals surface area (Å²) in [6, 6.07) is 0. The molecule has 0 saturated carbocycles. The summed E-state index contributed by atoms with van der Waals surface area (Å²) < 4.78 is 0. The maximum Gasteiger partial charge on any atom is -0.0140 e. The molecule has 0 N–H and O–H groups in total. The summed E-state index contributed by atoms with van der Waals surface area (Å²) in [6.07, 6.45) is 2.64. The van der Waals surface area contributed by atoms with Gasteiger partial charge in [-0.2, -0.15) is 0 Å². The van der Waals surface area contributed by atoms with Crippen LogP contribution >= 0.6 is 17.0 Å². The van der Waals surface area contributed by atoms with Crippen molar-refractivity contribution in [3.05, 3.63) is 0 Å². The summed E-state index contributed by atoms with van der Waals surface area (Å²) in [5, 5.41) is 0. The van der Waals surface area contributed by atoms with E-state index in [1.165, 1.54) is 12.8 Å². The highest BCUT2D eigenvalue weighted by Crippen LogP contribution is 1.76. The van der Waals surface area contributed by atoms with E-state index in [4.69, 9.17) is 0 Å². The molecule has 0 aliphatic carbocycles. The van der Waals surface area contributed by atoms with Gasteiger partial charge in [0, 0.05) is 0 Å². The van der Waals surface area contributed by atoms with E-state index in [0.717, 1.165) is 0 Å². The van der Waals surface area contributed by atoms with Crippen LogP contribution in [0.25, 0.3) is 0 Å². The summed E-state index contributed by atoms with van der Waals surface area (Å²) in [4.78, 5) is 2.00. The van der Waals surface area contributed by atoms with Crippen LogP contribution in [0.15, 0.2) is 0 Å². The Bertz CT molecular complexity index is 25.3. The van der Waals surface area contributed by atoms with E-state index in [0.29, 0.717) is 0 Å². The molecule has 0 radical (unpaired) electrons. The second-order valence-electron chi connectivity index (χ2n) is 2.34. The van der Waals surface area contributed by atoms with Crippen LogP contribution in [0.1, 0.15) is 26.7 Å². The van der Waals surface area contributed by atoms with Gasteiger partial charge in [0.05, 0.1) is 0 Å². The highest BCUT2D eigenvalue weighted by Gasteiger charge is 1.58. The molecule has 0 atom stereocenters. The van der Waals surface area contributed by atoms with E-state index in [9.17, 15) is 0 Å². The topological polar surface area (TPSA) is 3.24 Å². The third kappa shape index (κ3) is 169. The van der Waals surface area contributed by atoms with Gasteiger partial charge in [0.25, 0.3) is 0 Å². The van der Waals surface area contributed by atoms with E-state index in [1.807, 2.05) is 26.0 Å². The Morgan fingerprint density at radius 1 is 0.889 bits per heavy atom. The van der Waals surface area contributed by atoms with E-state index in [1.54, 1.807) is 0 Å². The third-order valence-electron chi connectivity index (χ3n) is 0.500. The Kier molecular flexibility index (Phi) is 28.4. The van der Waals surface area contributed by atoms with E-state index in [2.05, 4.69) is 13.8 Å². The van der Waals surface area contributed by atoms with Crippen molar-refractivity contribution >= 4 is 17.0 Å². The van der Waals surface area contributed by atoms with E-state index in [-0.39, 0.29) is 17.0 Å². The molecular formula is C7H20BrN. The fourth-order valence-electron chi connectivity index (χ4n) is 0. The molecule has 0 aliphatic heterocycles. The van der Waals surface area contributed by atoms with Gasteiger partial charge >= 0.3 is 0 Å². The van der Waals surface area contributed by atoms with E-state index < -0.39 is 0 Å². The van der Waals surface area contributed by atoms with Crippen LogP contribution in [0, 0.1) is 0 Å². The maximum atomic E-state index is 2.18. The van der Waals surface area contributed by atoms with Gasteiger partial charge in [0.15, 0.2) is 0 Å². The first-order valence-corrected chi connectivity index (χ1v) is 3.26. The average molecular weight is 198 g/mol. The minimum absolute atomic E-state index is 0. The van der Waals surface area contributed by atoms with Crippen molar-refractivity contribution in [1.29, 1.82) is 0 Å². The lowest BCUT2D eigenvalue weighted by Crippen LogP contribution is -1.99. The Morgan fingerprint density at radius 2 is 1.00 bits per heavy atom. The number of hydrogen-bond acceptors (Lipinski definition) is 1. The van der Waals surface area contributed by atoms with Crippen molar-refractivity contribution in [3.63, 3.8) is 0 Å². The van der Waals surface area contributed by atoms with Crippen molar-refractivity contribution in [2.75, 3.05) is 21.1 Å². The Hall–Kier alpha value is 0.440. The van der Waals surface area contributed by atoms with Crippen LogP contribution in [-0.2, 0) is 0 Å². The lowest BCUT2D eigenvalue weighted by atomic mass is 10.4. The van der Waals surface area contributed by atoms with Gasteiger partial charge < -0.3 is 4.90 Å². The van der Waals surface area contributed by atoms with Crippen molar-refractivity contribution < 1.29 is 0 Å². The third-order valence-corrected chi connectivity index (χ3v) is 0.500. The Morgan fingerprint density at radius 3 is 1.00 bits per heavy atom. The molecule has 0 spiro atoms. The summed E-state index contributed by atoms with van der Waals surface area (Å²) in [5.41, 5.74) is 0. The molecule has 0 bridgehead atoms. The Labute approximate surface area is 70.2 Å². The predicted molar refractivity (Wildman–Crippen MR) is 50.5 cm³/mol. The fraction of sp³-hybridized carbons (Fsp3) is 1.00. The molecule has 0 aromatic heterocycles. The van der Waals surface area contributed by atoms with Gasteiger partial charge in [0.2, 0.25) is 0 Å². The molecule has 0 aromatic rings. The van der Waals surface area contributed by atoms with Crippen molar-refractivity contribution in [1.82, 2.24) is 4.90 Å². The van der Waals surface area contributed by atoms with Crippen LogP contribution in [0.4, 0.5) is 0 Å². The second kappa shape index (κ2) is 15.8. The molecule has 1 nitrogen and oxygen atoms in total. The Balaban J connectivity index is -0.0000000720. The first-order chi connectivity index (χ1) is 3.65. The minimum atomic E-state index is 0. The second-order valence-corrected chi connectivity index (χ2v) is 2.34. The van der Waals surface area contributed by atoms with Crippen molar-refractivity contribution in [2.24, 2.45) is 0 Å². The van der Waals surface area contributed by atoms with Crippen LogP contribution in [0.2, 0.25) is 0 Å². The van der Waals surface area contributed by atoms with Gasteiger partial charge in [-0.05, 0) is 21.1 Å². The molecule has 0 unspecified atom stereocenters. The zero-order chi connectivity index (χ0) is 6.99. The van der Waals surface area contributed by atoms with Gasteiger partial charge in [-0.25, -0.2) is 0 Å².